The lowest BCUT2D eigenvalue weighted by Gasteiger charge is -2.42. The summed E-state index contributed by atoms with van der Waals surface area (Å²) in [6.45, 7) is 0.799. The molecule has 98 valence electrons. The van der Waals surface area contributed by atoms with Gasteiger partial charge in [-0.1, -0.05) is 6.07 Å². The maximum Gasteiger partial charge on any atom is 0.119 e. The summed E-state index contributed by atoms with van der Waals surface area (Å²) in [7, 11) is 1.71. The molecule has 3 heteroatoms. The molecule has 0 amide bonds. The van der Waals surface area contributed by atoms with Crippen LogP contribution >= 0.6 is 11.6 Å². The van der Waals surface area contributed by atoms with Crippen LogP contribution in [0.25, 0.3) is 0 Å². The minimum absolute atomic E-state index is 0.0238. The van der Waals surface area contributed by atoms with E-state index in [9.17, 15) is 0 Å². The third-order valence-corrected chi connectivity index (χ3v) is 4.58. The average Bonchev–Trinajstić information content (AvgIpc) is 2.37. The first-order chi connectivity index (χ1) is 8.71. The van der Waals surface area contributed by atoms with E-state index in [2.05, 4.69) is 12.1 Å². The Morgan fingerprint density at radius 2 is 2.28 bits per heavy atom. The number of hydrogen-bond donors (Lipinski definition) is 0. The number of hydrogen-bond acceptors (Lipinski definition) is 2. The van der Waals surface area contributed by atoms with Crippen LogP contribution in [0.3, 0.4) is 0 Å². The maximum absolute atomic E-state index is 6.32. The second-order valence-electron chi connectivity index (χ2n) is 5.43. The molecule has 2 nitrogen and oxygen atoms in total. The van der Waals surface area contributed by atoms with Gasteiger partial charge in [0.1, 0.15) is 5.75 Å². The van der Waals surface area contributed by atoms with Crippen molar-refractivity contribution >= 4 is 11.6 Å². The van der Waals surface area contributed by atoms with Gasteiger partial charge in [-0.15, -0.1) is 11.6 Å². The van der Waals surface area contributed by atoms with Crippen LogP contribution in [0.15, 0.2) is 18.2 Å². The summed E-state index contributed by atoms with van der Waals surface area (Å²) in [4.78, 5) is 0. The highest BCUT2D eigenvalue weighted by Gasteiger charge is 2.39. The van der Waals surface area contributed by atoms with E-state index in [-0.39, 0.29) is 11.0 Å². The van der Waals surface area contributed by atoms with Gasteiger partial charge in [0, 0.05) is 18.4 Å². The molecular formula is C15H19ClO2. The minimum atomic E-state index is -0.0238. The molecule has 2 unspecified atom stereocenters. The van der Waals surface area contributed by atoms with Crippen LogP contribution in [-0.2, 0) is 17.6 Å². The van der Waals surface area contributed by atoms with Gasteiger partial charge in [-0.05, 0) is 48.9 Å². The van der Waals surface area contributed by atoms with E-state index in [0.29, 0.717) is 0 Å². The van der Waals surface area contributed by atoms with E-state index in [0.717, 1.165) is 44.5 Å². The molecule has 0 N–H and O–H groups in total. The standard InChI is InChI=1S/C15H19ClO2/c1-17-14-3-2-11-4-6-15(9-12(11)8-14)10-13(16)5-7-18-15/h2-3,8,13H,4-7,9-10H2,1H3. The Kier molecular flexibility index (Phi) is 3.25. The smallest absolute Gasteiger partial charge is 0.119 e. The van der Waals surface area contributed by atoms with Gasteiger partial charge in [0.05, 0.1) is 12.7 Å². The third-order valence-electron chi connectivity index (χ3n) is 4.21. The highest BCUT2D eigenvalue weighted by atomic mass is 35.5. The normalized spacial score (nSPS) is 31.1. The first-order valence-corrected chi connectivity index (χ1v) is 7.08. The maximum atomic E-state index is 6.32. The van der Waals surface area contributed by atoms with Gasteiger partial charge in [0.15, 0.2) is 0 Å². The van der Waals surface area contributed by atoms with E-state index < -0.39 is 0 Å². The Morgan fingerprint density at radius 1 is 1.39 bits per heavy atom. The van der Waals surface area contributed by atoms with Crippen LogP contribution in [0, 0.1) is 0 Å². The molecular weight excluding hydrogens is 248 g/mol. The molecule has 0 saturated carbocycles. The van der Waals surface area contributed by atoms with Gasteiger partial charge in [-0.3, -0.25) is 0 Å². The highest BCUT2D eigenvalue weighted by Crippen LogP contribution is 2.40. The molecule has 0 bridgehead atoms. The number of benzene rings is 1. The van der Waals surface area contributed by atoms with Crippen molar-refractivity contribution < 1.29 is 9.47 Å². The molecule has 0 radical (unpaired) electrons. The lowest BCUT2D eigenvalue weighted by Crippen LogP contribution is -2.44. The number of alkyl halides is 1. The second-order valence-corrected chi connectivity index (χ2v) is 6.05. The fraction of sp³-hybridized carbons (Fsp3) is 0.600. The first kappa shape index (κ1) is 12.3. The summed E-state index contributed by atoms with van der Waals surface area (Å²) < 4.78 is 11.4. The predicted octanol–water partition coefficient (Wildman–Crippen LogP) is 3.34. The Hall–Kier alpha value is -0.730. The van der Waals surface area contributed by atoms with Crippen molar-refractivity contribution in [3.05, 3.63) is 29.3 Å². The summed E-state index contributed by atoms with van der Waals surface area (Å²) in [6, 6.07) is 6.38. The molecule has 1 aromatic carbocycles. The summed E-state index contributed by atoms with van der Waals surface area (Å²) in [5, 5.41) is 0.269. The minimum Gasteiger partial charge on any atom is -0.497 e. The van der Waals surface area contributed by atoms with E-state index in [1.54, 1.807) is 7.11 Å². The lowest BCUT2D eigenvalue weighted by atomic mass is 9.76. The highest BCUT2D eigenvalue weighted by molar-refractivity contribution is 6.20. The Bertz CT molecular complexity index is 446. The van der Waals surface area contributed by atoms with E-state index in [4.69, 9.17) is 21.1 Å². The monoisotopic (exact) mass is 266 g/mol. The zero-order valence-corrected chi connectivity index (χ0v) is 11.5. The molecule has 2 atom stereocenters. The molecule has 3 rings (SSSR count). The van der Waals surface area contributed by atoms with Crippen molar-refractivity contribution in [3.8, 4) is 5.75 Å². The lowest BCUT2D eigenvalue weighted by molar-refractivity contribution is -0.0845. The van der Waals surface area contributed by atoms with Gasteiger partial charge >= 0.3 is 0 Å². The fourth-order valence-corrected chi connectivity index (χ4v) is 3.57. The fourth-order valence-electron chi connectivity index (χ4n) is 3.20. The Labute approximate surface area is 113 Å². The molecule has 1 spiro atoms. The van der Waals surface area contributed by atoms with Gasteiger partial charge in [-0.2, -0.15) is 0 Å². The number of fused-ring (bicyclic) bond motifs is 1. The topological polar surface area (TPSA) is 18.5 Å². The molecule has 1 aliphatic carbocycles. The van der Waals surface area contributed by atoms with Crippen LogP contribution in [0.5, 0.6) is 5.75 Å². The van der Waals surface area contributed by atoms with Crippen molar-refractivity contribution in [2.45, 2.75) is 43.1 Å². The molecule has 1 fully saturated rings. The molecule has 1 heterocycles. The number of methoxy groups -OCH3 is 1. The third kappa shape index (κ3) is 2.24. The molecule has 1 saturated heterocycles. The van der Waals surface area contributed by atoms with E-state index >= 15 is 0 Å². The number of halogens is 1. The van der Waals surface area contributed by atoms with E-state index in [1.807, 2.05) is 6.07 Å². The SMILES string of the molecule is COc1ccc2c(c1)CC1(CC2)CC(Cl)CCO1. The summed E-state index contributed by atoms with van der Waals surface area (Å²) in [6.07, 6.45) is 5.11. The first-order valence-electron chi connectivity index (χ1n) is 6.65. The summed E-state index contributed by atoms with van der Waals surface area (Å²) in [5.41, 5.74) is 2.78. The molecule has 1 aromatic rings. The van der Waals surface area contributed by atoms with Crippen molar-refractivity contribution in [2.24, 2.45) is 0 Å². The summed E-state index contributed by atoms with van der Waals surface area (Å²) in [5.74, 6) is 0.934. The molecule has 0 aromatic heterocycles. The van der Waals surface area contributed by atoms with Crippen LogP contribution in [0.1, 0.15) is 30.4 Å². The van der Waals surface area contributed by atoms with Crippen molar-refractivity contribution in [2.75, 3.05) is 13.7 Å². The summed E-state index contributed by atoms with van der Waals surface area (Å²) >= 11 is 6.32. The van der Waals surface area contributed by atoms with Gasteiger partial charge in [0.2, 0.25) is 0 Å². The van der Waals surface area contributed by atoms with Gasteiger partial charge < -0.3 is 9.47 Å². The largest absolute Gasteiger partial charge is 0.497 e. The van der Waals surface area contributed by atoms with Crippen LogP contribution in [-0.4, -0.2) is 24.7 Å². The van der Waals surface area contributed by atoms with Crippen molar-refractivity contribution in [1.82, 2.24) is 0 Å². The van der Waals surface area contributed by atoms with Crippen LogP contribution in [0.4, 0.5) is 0 Å². The van der Waals surface area contributed by atoms with Crippen LogP contribution in [0.2, 0.25) is 0 Å². The predicted molar refractivity (Wildman–Crippen MR) is 72.6 cm³/mol. The van der Waals surface area contributed by atoms with Crippen molar-refractivity contribution in [1.29, 1.82) is 0 Å². The second kappa shape index (κ2) is 4.75. The number of rotatable bonds is 1. The number of ether oxygens (including phenoxy) is 2. The quantitative estimate of drug-likeness (QED) is 0.726. The number of aryl methyl sites for hydroxylation is 1. The molecule has 1 aliphatic heterocycles. The molecule has 18 heavy (non-hydrogen) atoms. The van der Waals surface area contributed by atoms with E-state index in [1.165, 1.54) is 11.1 Å². The Morgan fingerprint density at radius 3 is 3.06 bits per heavy atom. The van der Waals surface area contributed by atoms with Gasteiger partial charge in [-0.25, -0.2) is 0 Å². The Balaban J connectivity index is 1.87. The zero-order valence-electron chi connectivity index (χ0n) is 10.7. The van der Waals surface area contributed by atoms with Crippen LogP contribution < -0.4 is 4.74 Å². The molecule has 2 aliphatic rings. The van der Waals surface area contributed by atoms with Gasteiger partial charge in [0.25, 0.3) is 0 Å². The zero-order chi connectivity index (χ0) is 12.6. The average molecular weight is 267 g/mol. The van der Waals surface area contributed by atoms with Crippen molar-refractivity contribution in [3.63, 3.8) is 0 Å².